The molecule has 4 N–H and O–H groups in total. The third-order valence-corrected chi connectivity index (χ3v) is 3.42. The highest BCUT2D eigenvalue weighted by molar-refractivity contribution is 5.15. The van der Waals surface area contributed by atoms with Crippen LogP contribution in [0.2, 0.25) is 0 Å². The molecule has 1 aliphatic carbocycles. The molecular weight excluding hydrogens is 186 g/mol. The summed E-state index contributed by atoms with van der Waals surface area (Å²) in [6.07, 6.45) is 8.16. The van der Waals surface area contributed by atoms with E-state index in [0.29, 0.717) is 12.0 Å². The van der Waals surface area contributed by atoms with Gasteiger partial charge in [-0.25, -0.2) is 0 Å². The summed E-state index contributed by atoms with van der Waals surface area (Å²) in [5.74, 6) is 0.590. The zero-order valence-corrected chi connectivity index (χ0v) is 8.97. The maximum Gasteiger partial charge on any atom is 0.0324 e. The van der Waals surface area contributed by atoms with Crippen LogP contribution in [0.15, 0.2) is 24.5 Å². The van der Waals surface area contributed by atoms with E-state index in [1.165, 1.54) is 5.56 Å². The van der Waals surface area contributed by atoms with E-state index in [4.69, 9.17) is 11.5 Å². The molecule has 0 spiro atoms. The third-order valence-electron chi connectivity index (χ3n) is 3.42. The average Bonchev–Trinajstić information content (AvgIpc) is 2.30. The van der Waals surface area contributed by atoms with Crippen molar-refractivity contribution in [1.29, 1.82) is 0 Å². The second kappa shape index (κ2) is 4.73. The summed E-state index contributed by atoms with van der Waals surface area (Å²) in [4.78, 5) is 4.01. The largest absolute Gasteiger partial charge is 0.328 e. The molecule has 0 bridgehead atoms. The Kier molecular flexibility index (Phi) is 3.34. The fourth-order valence-corrected chi connectivity index (χ4v) is 2.36. The highest BCUT2D eigenvalue weighted by Crippen LogP contribution is 2.32. The average molecular weight is 205 g/mol. The molecule has 1 aliphatic rings. The molecule has 1 heterocycles. The molecule has 1 aromatic heterocycles. The van der Waals surface area contributed by atoms with Crippen molar-refractivity contribution >= 4 is 0 Å². The molecule has 1 fully saturated rings. The molecule has 0 amide bonds. The van der Waals surface area contributed by atoms with E-state index in [1.807, 2.05) is 24.5 Å². The van der Waals surface area contributed by atoms with Gasteiger partial charge in [0.2, 0.25) is 0 Å². The lowest BCUT2D eigenvalue weighted by atomic mass is 9.80. The first-order valence-electron chi connectivity index (χ1n) is 5.68. The highest BCUT2D eigenvalue weighted by Gasteiger charge is 2.24. The number of hydrogen-bond acceptors (Lipinski definition) is 3. The number of rotatable bonds is 2. The molecule has 3 nitrogen and oxygen atoms in total. The van der Waals surface area contributed by atoms with Crippen LogP contribution in [-0.2, 0) is 0 Å². The van der Waals surface area contributed by atoms with E-state index in [2.05, 4.69) is 4.98 Å². The SMILES string of the molecule is NC1CCC(C(N)c2ccncc2)CC1. The van der Waals surface area contributed by atoms with Gasteiger partial charge in [0.15, 0.2) is 0 Å². The van der Waals surface area contributed by atoms with Crippen LogP contribution in [0.3, 0.4) is 0 Å². The van der Waals surface area contributed by atoms with Gasteiger partial charge in [0, 0.05) is 24.5 Å². The lowest BCUT2D eigenvalue weighted by Crippen LogP contribution is -2.31. The number of nitrogens with zero attached hydrogens (tertiary/aromatic N) is 1. The summed E-state index contributed by atoms with van der Waals surface area (Å²) in [5, 5.41) is 0. The van der Waals surface area contributed by atoms with Crippen LogP contribution in [0.4, 0.5) is 0 Å². The summed E-state index contributed by atoms with van der Waals surface area (Å²) < 4.78 is 0. The van der Waals surface area contributed by atoms with E-state index in [0.717, 1.165) is 25.7 Å². The van der Waals surface area contributed by atoms with Crippen LogP contribution in [0, 0.1) is 5.92 Å². The van der Waals surface area contributed by atoms with E-state index in [1.54, 1.807) is 0 Å². The molecule has 82 valence electrons. The monoisotopic (exact) mass is 205 g/mol. The summed E-state index contributed by atoms with van der Waals surface area (Å²) in [6, 6.07) is 4.57. The normalized spacial score (nSPS) is 28.7. The Morgan fingerprint density at radius 2 is 1.73 bits per heavy atom. The first kappa shape index (κ1) is 10.6. The van der Waals surface area contributed by atoms with Crippen molar-refractivity contribution in [1.82, 2.24) is 4.98 Å². The molecule has 2 rings (SSSR count). The molecular formula is C12H19N3. The van der Waals surface area contributed by atoms with Gasteiger partial charge >= 0.3 is 0 Å². The van der Waals surface area contributed by atoms with Crippen molar-refractivity contribution in [3.05, 3.63) is 30.1 Å². The topological polar surface area (TPSA) is 64.9 Å². The summed E-state index contributed by atoms with van der Waals surface area (Å²) >= 11 is 0. The Morgan fingerprint density at radius 1 is 1.13 bits per heavy atom. The van der Waals surface area contributed by atoms with Gasteiger partial charge in [-0.1, -0.05) is 0 Å². The molecule has 0 saturated heterocycles. The van der Waals surface area contributed by atoms with Gasteiger partial charge in [-0.3, -0.25) is 4.98 Å². The minimum atomic E-state index is 0.153. The van der Waals surface area contributed by atoms with Gasteiger partial charge < -0.3 is 11.5 Å². The molecule has 1 saturated carbocycles. The van der Waals surface area contributed by atoms with Crippen LogP contribution in [0.25, 0.3) is 0 Å². The minimum Gasteiger partial charge on any atom is -0.328 e. The Labute approximate surface area is 90.9 Å². The van der Waals surface area contributed by atoms with Crippen molar-refractivity contribution < 1.29 is 0 Å². The Balaban J connectivity index is 1.99. The van der Waals surface area contributed by atoms with Gasteiger partial charge in [0.25, 0.3) is 0 Å². The number of aromatic nitrogens is 1. The second-order valence-electron chi connectivity index (χ2n) is 4.48. The molecule has 1 unspecified atom stereocenters. The van der Waals surface area contributed by atoms with E-state index in [-0.39, 0.29) is 6.04 Å². The smallest absolute Gasteiger partial charge is 0.0324 e. The van der Waals surface area contributed by atoms with Gasteiger partial charge in [0.05, 0.1) is 0 Å². The van der Waals surface area contributed by atoms with Gasteiger partial charge in [-0.2, -0.15) is 0 Å². The van der Waals surface area contributed by atoms with Crippen molar-refractivity contribution in [2.45, 2.75) is 37.8 Å². The van der Waals surface area contributed by atoms with E-state index >= 15 is 0 Å². The predicted octanol–water partition coefficient (Wildman–Crippen LogP) is 1.60. The van der Waals surface area contributed by atoms with E-state index < -0.39 is 0 Å². The molecule has 1 aromatic rings. The number of hydrogen-bond donors (Lipinski definition) is 2. The molecule has 0 aliphatic heterocycles. The fraction of sp³-hybridized carbons (Fsp3) is 0.583. The standard InChI is InChI=1S/C12H19N3/c13-11-3-1-9(2-4-11)12(14)10-5-7-15-8-6-10/h5-9,11-12H,1-4,13-14H2. The molecule has 3 heteroatoms. The molecule has 15 heavy (non-hydrogen) atoms. The first-order chi connectivity index (χ1) is 7.27. The molecule has 1 atom stereocenters. The van der Waals surface area contributed by atoms with E-state index in [9.17, 15) is 0 Å². The fourth-order valence-electron chi connectivity index (χ4n) is 2.36. The highest BCUT2D eigenvalue weighted by atomic mass is 14.7. The third kappa shape index (κ3) is 2.55. The van der Waals surface area contributed by atoms with Crippen LogP contribution in [-0.4, -0.2) is 11.0 Å². The maximum atomic E-state index is 6.25. The summed E-state index contributed by atoms with van der Waals surface area (Å²) in [7, 11) is 0. The van der Waals surface area contributed by atoms with Crippen LogP contribution in [0.1, 0.15) is 37.3 Å². The zero-order valence-electron chi connectivity index (χ0n) is 8.97. The minimum absolute atomic E-state index is 0.153. The Hall–Kier alpha value is -0.930. The Morgan fingerprint density at radius 3 is 2.33 bits per heavy atom. The van der Waals surface area contributed by atoms with Crippen LogP contribution < -0.4 is 11.5 Å². The second-order valence-corrected chi connectivity index (χ2v) is 4.48. The lowest BCUT2D eigenvalue weighted by Gasteiger charge is -2.30. The Bertz CT molecular complexity index is 291. The van der Waals surface area contributed by atoms with Crippen molar-refractivity contribution in [2.75, 3.05) is 0 Å². The summed E-state index contributed by atoms with van der Waals surface area (Å²) in [5.41, 5.74) is 13.3. The zero-order chi connectivity index (χ0) is 10.7. The quantitative estimate of drug-likeness (QED) is 0.770. The van der Waals surface area contributed by atoms with Crippen LogP contribution in [0.5, 0.6) is 0 Å². The van der Waals surface area contributed by atoms with Crippen molar-refractivity contribution in [3.63, 3.8) is 0 Å². The first-order valence-corrected chi connectivity index (χ1v) is 5.68. The van der Waals surface area contributed by atoms with Gasteiger partial charge in [-0.15, -0.1) is 0 Å². The molecule has 0 radical (unpaired) electrons. The van der Waals surface area contributed by atoms with Crippen molar-refractivity contribution in [3.8, 4) is 0 Å². The van der Waals surface area contributed by atoms with Crippen molar-refractivity contribution in [2.24, 2.45) is 17.4 Å². The lowest BCUT2D eigenvalue weighted by molar-refractivity contribution is 0.285. The summed E-state index contributed by atoms with van der Waals surface area (Å²) in [6.45, 7) is 0. The number of pyridine rings is 1. The van der Waals surface area contributed by atoms with Crippen LogP contribution >= 0.6 is 0 Å². The number of nitrogens with two attached hydrogens (primary N) is 2. The van der Waals surface area contributed by atoms with Gasteiger partial charge in [-0.05, 0) is 49.3 Å². The van der Waals surface area contributed by atoms with Gasteiger partial charge in [0.1, 0.15) is 0 Å². The maximum absolute atomic E-state index is 6.25. The predicted molar refractivity (Wildman–Crippen MR) is 61.1 cm³/mol. The molecule has 0 aromatic carbocycles.